The molecule has 0 N–H and O–H groups in total. The second-order valence-corrected chi connectivity index (χ2v) is 10.4. The molecule has 4 aromatic carbocycles. The van der Waals surface area contributed by atoms with Gasteiger partial charge in [-0.25, -0.2) is 28.8 Å². The Labute approximate surface area is 261 Å². The third kappa shape index (κ3) is 4.88. The van der Waals surface area contributed by atoms with E-state index in [1.807, 2.05) is 0 Å². The highest BCUT2D eigenvalue weighted by atomic mass is 16.6. The van der Waals surface area contributed by atoms with Crippen LogP contribution in [-0.2, 0) is 14.2 Å². The van der Waals surface area contributed by atoms with Crippen LogP contribution in [0.25, 0.3) is 0 Å². The second-order valence-electron chi connectivity index (χ2n) is 10.4. The first kappa shape index (κ1) is 28.9. The summed E-state index contributed by atoms with van der Waals surface area (Å²) in [5.74, 6) is -4.75. The summed E-state index contributed by atoms with van der Waals surface area (Å²) in [4.78, 5) is 105. The zero-order valence-electron chi connectivity index (χ0n) is 23.4. The summed E-state index contributed by atoms with van der Waals surface area (Å²) in [7, 11) is 0. The van der Waals surface area contributed by atoms with E-state index in [-0.39, 0.29) is 62.5 Å². The van der Waals surface area contributed by atoms with Gasteiger partial charge in [0.15, 0.2) is 17.3 Å². The summed E-state index contributed by atoms with van der Waals surface area (Å²) < 4.78 is 19.1. The number of hydrogen-bond acceptors (Lipinski definition) is 13. The Balaban J connectivity index is 0.000000150. The van der Waals surface area contributed by atoms with E-state index in [0.717, 1.165) is 0 Å². The monoisotopic (exact) mass is 630 g/mol. The van der Waals surface area contributed by atoms with Gasteiger partial charge >= 0.3 is 35.8 Å². The Bertz CT molecular complexity index is 2090. The summed E-state index contributed by atoms with van der Waals surface area (Å²) in [6, 6.07) is 17.0. The minimum atomic E-state index is -0.812. The van der Waals surface area contributed by atoms with Crippen LogP contribution in [0, 0.1) is 0 Å². The lowest BCUT2D eigenvalue weighted by molar-refractivity contribution is 0.0425. The summed E-state index contributed by atoms with van der Waals surface area (Å²) in [5, 5.41) is 0. The molecule has 13 nitrogen and oxygen atoms in total. The van der Waals surface area contributed by atoms with Crippen molar-refractivity contribution in [2.24, 2.45) is 0 Å². The summed E-state index contributed by atoms with van der Waals surface area (Å²) in [5.41, 5.74) is 1.59. The summed E-state index contributed by atoms with van der Waals surface area (Å²) in [6.07, 6.45) is -0.119. The molecule has 0 fully saturated rings. The van der Waals surface area contributed by atoms with Crippen LogP contribution < -0.4 is 4.74 Å². The van der Waals surface area contributed by atoms with Crippen LogP contribution in [-0.4, -0.2) is 53.2 Å². The molecule has 0 saturated carbocycles. The average Bonchev–Trinajstić information content (AvgIpc) is 3.72. The van der Waals surface area contributed by atoms with Gasteiger partial charge in [-0.05, 0) is 60.7 Å². The highest BCUT2D eigenvalue weighted by Gasteiger charge is 2.33. The molecule has 4 aliphatic rings. The van der Waals surface area contributed by atoms with Gasteiger partial charge in [0.25, 0.3) is 0 Å². The number of benzene rings is 4. The van der Waals surface area contributed by atoms with Gasteiger partial charge in [-0.15, -0.1) is 0 Å². The third-order valence-corrected chi connectivity index (χ3v) is 7.58. The molecule has 0 aromatic heterocycles. The number of rotatable bonds is 4. The summed E-state index contributed by atoms with van der Waals surface area (Å²) >= 11 is 0. The first-order valence-electron chi connectivity index (χ1n) is 13.6. The third-order valence-electron chi connectivity index (χ3n) is 7.58. The second kappa shape index (κ2) is 10.6. The van der Waals surface area contributed by atoms with Gasteiger partial charge < -0.3 is 18.9 Å². The van der Waals surface area contributed by atoms with Crippen LogP contribution in [0.1, 0.15) is 105 Å². The van der Waals surface area contributed by atoms with Gasteiger partial charge in [0.05, 0.1) is 39.8 Å². The summed E-state index contributed by atoms with van der Waals surface area (Å²) in [6.45, 7) is 0. The largest absolute Gasteiger partial charge is 0.457 e. The first-order chi connectivity index (χ1) is 22.5. The van der Waals surface area contributed by atoms with Crippen molar-refractivity contribution >= 4 is 53.2 Å². The first-order valence-corrected chi connectivity index (χ1v) is 13.6. The fraction of sp³-hybridized carbons (Fsp3) is 0.0294. The number of cyclic esters (lactones) is 6. The van der Waals surface area contributed by atoms with Crippen LogP contribution in [0.3, 0.4) is 0 Å². The zero-order chi connectivity index (χ0) is 33.1. The molecule has 8 rings (SSSR count). The fourth-order valence-electron chi connectivity index (χ4n) is 5.28. The molecule has 0 radical (unpaired) electrons. The molecule has 47 heavy (non-hydrogen) atoms. The van der Waals surface area contributed by atoms with Crippen LogP contribution in [0.5, 0.6) is 11.5 Å². The van der Waals surface area contributed by atoms with Crippen molar-refractivity contribution in [2.75, 3.05) is 0 Å². The van der Waals surface area contributed by atoms with E-state index >= 15 is 0 Å². The molecule has 0 bridgehead atoms. The maximum Gasteiger partial charge on any atom is 0.347 e. The minimum Gasteiger partial charge on any atom is -0.457 e. The van der Waals surface area contributed by atoms with E-state index in [1.54, 1.807) is 12.1 Å². The fourth-order valence-corrected chi connectivity index (χ4v) is 5.28. The molecule has 0 spiro atoms. The molecule has 0 atom stereocenters. The molecule has 3 aliphatic heterocycles. The van der Waals surface area contributed by atoms with E-state index in [2.05, 4.69) is 14.2 Å². The van der Waals surface area contributed by atoms with E-state index in [4.69, 9.17) is 4.74 Å². The van der Waals surface area contributed by atoms with Crippen molar-refractivity contribution in [3.05, 3.63) is 128 Å². The normalized spacial score (nSPS) is 15.2. The van der Waals surface area contributed by atoms with E-state index in [9.17, 15) is 43.2 Å². The highest BCUT2D eigenvalue weighted by molar-refractivity contribution is 6.24. The van der Waals surface area contributed by atoms with Crippen molar-refractivity contribution in [1.29, 1.82) is 0 Å². The smallest absolute Gasteiger partial charge is 0.347 e. The predicted octanol–water partition coefficient (Wildman–Crippen LogP) is 4.10. The SMILES string of the molecule is O=C(c1ccc2c(c1)C(=O)OC2=O)c1ccc2c(c1)C(=O)OC2=O.O=C1CC(=O)c2cc(Oc3ccc4c(c3)C(=O)OC4=O)ccc21. The molecule has 13 heteroatoms. The van der Waals surface area contributed by atoms with Gasteiger partial charge in [-0.2, -0.15) is 0 Å². The van der Waals surface area contributed by atoms with Gasteiger partial charge in [0, 0.05) is 22.3 Å². The predicted molar refractivity (Wildman–Crippen MR) is 152 cm³/mol. The van der Waals surface area contributed by atoms with Crippen molar-refractivity contribution in [3.8, 4) is 11.5 Å². The molecule has 0 saturated heterocycles. The van der Waals surface area contributed by atoms with Crippen molar-refractivity contribution < 1.29 is 62.1 Å². The molecule has 0 amide bonds. The van der Waals surface area contributed by atoms with Crippen LogP contribution >= 0.6 is 0 Å². The van der Waals surface area contributed by atoms with Gasteiger partial charge in [0.2, 0.25) is 0 Å². The number of ketones is 3. The lowest BCUT2D eigenvalue weighted by Gasteiger charge is -2.07. The van der Waals surface area contributed by atoms with Crippen molar-refractivity contribution in [3.63, 3.8) is 0 Å². The number of hydrogen-bond donors (Lipinski definition) is 0. The molecular formula is C34H14O13. The van der Waals surface area contributed by atoms with E-state index in [0.29, 0.717) is 22.6 Å². The van der Waals surface area contributed by atoms with Crippen LogP contribution in [0.4, 0.5) is 0 Å². The lowest BCUT2D eigenvalue weighted by Crippen LogP contribution is -2.05. The number of Topliss-reactive ketones (excluding diaryl/α,β-unsaturated/α-hetero) is 2. The Hall–Kier alpha value is -6.89. The molecule has 228 valence electrons. The van der Waals surface area contributed by atoms with E-state index < -0.39 is 41.6 Å². The molecule has 3 heterocycles. The van der Waals surface area contributed by atoms with Gasteiger partial charge in [0.1, 0.15) is 11.5 Å². The maximum absolute atomic E-state index is 12.5. The topological polar surface area (TPSA) is 191 Å². The van der Waals surface area contributed by atoms with Crippen LogP contribution in [0.2, 0.25) is 0 Å². The van der Waals surface area contributed by atoms with Crippen molar-refractivity contribution in [1.82, 2.24) is 0 Å². The zero-order valence-corrected chi connectivity index (χ0v) is 23.4. The van der Waals surface area contributed by atoms with Gasteiger partial charge in [-0.1, -0.05) is 12.1 Å². The number of fused-ring (bicyclic) bond motifs is 4. The minimum absolute atomic E-state index is 0.0154. The maximum atomic E-state index is 12.5. The van der Waals surface area contributed by atoms with Crippen molar-refractivity contribution in [2.45, 2.75) is 6.42 Å². The number of carbonyl (C=O) groups is 9. The number of ether oxygens (including phenoxy) is 4. The Morgan fingerprint density at radius 2 is 0.787 bits per heavy atom. The van der Waals surface area contributed by atoms with E-state index in [1.165, 1.54) is 60.7 Å². The van der Waals surface area contributed by atoms with Gasteiger partial charge in [-0.3, -0.25) is 14.4 Å². The molecule has 1 aliphatic carbocycles. The molecule has 0 unspecified atom stereocenters. The quantitative estimate of drug-likeness (QED) is 0.136. The number of carbonyl (C=O) groups excluding carboxylic acids is 9. The Kier molecular flexibility index (Phi) is 6.52. The van der Waals surface area contributed by atoms with Crippen LogP contribution in [0.15, 0.2) is 72.8 Å². The molecule has 4 aromatic rings. The Morgan fingerprint density at radius 1 is 0.426 bits per heavy atom. The standard InChI is InChI=1S/C17H6O7.C17H8O6/c18-13(7-1-3-9-11(5-7)16(21)23-14(9)19)8-2-4-10-12(6-8)17(22)24-15(10)20;18-14-7-15(19)12-5-8(1-3-10(12)14)22-9-2-4-11-13(6-9)17(21)23-16(11)20/h1-6H;1-6H,7H2. The Morgan fingerprint density at radius 3 is 1.28 bits per heavy atom. The highest BCUT2D eigenvalue weighted by Crippen LogP contribution is 2.32. The molecular weight excluding hydrogens is 616 g/mol. The lowest BCUT2D eigenvalue weighted by atomic mass is 9.96. The average molecular weight is 630 g/mol. The number of esters is 6.